The first-order valence-corrected chi connectivity index (χ1v) is 7.14. The summed E-state index contributed by atoms with van der Waals surface area (Å²) in [6.07, 6.45) is 0. The van der Waals surface area contributed by atoms with Crippen LogP contribution < -0.4 is 5.73 Å². The minimum atomic E-state index is 0.490. The lowest BCUT2D eigenvalue weighted by atomic mass is 10.1. The van der Waals surface area contributed by atoms with Crippen LogP contribution in [0.25, 0.3) is 16.9 Å². The van der Waals surface area contributed by atoms with Gasteiger partial charge in [0.15, 0.2) is 5.65 Å². The number of imidazole rings is 1. The third-order valence-electron chi connectivity index (χ3n) is 3.51. The first kappa shape index (κ1) is 13.2. The average Bonchev–Trinajstić information content (AvgIpc) is 2.78. The Morgan fingerprint density at radius 1 is 1.15 bits per heavy atom. The molecule has 0 fully saturated rings. The van der Waals surface area contributed by atoms with E-state index in [1.54, 1.807) is 0 Å². The summed E-state index contributed by atoms with van der Waals surface area (Å²) in [5.74, 6) is 0.490. The van der Waals surface area contributed by atoms with Crippen LogP contribution in [0.4, 0.5) is 5.95 Å². The molecule has 0 bridgehead atoms. The van der Waals surface area contributed by atoms with Crippen LogP contribution in [-0.2, 0) is 7.05 Å². The van der Waals surface area contributed by atoms with E-state index in [0.717, 1.165) is 38.1 Å². The molecule has 0 saturated carbocycles. The van der Waals surface area contributed by atoms with E-state index in [2.05, 4.69) is 52.0 Å². The summed E-state index contributed by atoms with van der Waals surface area (Å²) in [6, 6.07) is 4.16. The van der Waals surface area contributed by atoms with E-state index in [0.29, 0.717) is 5.95 Å². The smallest absolute Gasteiger partial charge is 0.207 e. The maximum atomic E-state index is 6.14. The van der Waals surface area contributed by atoms with Crippen molar-refractivity contribution in [3.05, 3.63) is 33.4 Å². The Morgan fingerprint density at radius 3 is 2.35 bits per heavy atom. The van der Waals surface area contributed by atoms with Crippen molar-refractivity contribution < 1.29 is 0 Å². The van der Waals surface area contributed by atoms with Gasteiger partial charge in [-0.05, 0) is 44.0 Å². The van der Waals surface area contributed by atoms with E-state index in [4.69, 9.17) is 5.73 Å². The number of aryl methyl sites for hydroxylation is 4. The molecule has 0 spiro atoms. The van der Waals surface area contributed by atoms with Gasteiger partial charge in [0.05, 0.1) is 11.4 Å². The van der Waals surface area contributed by atoms with Crippen LogP contribution in [0.2, 0.25) is 0 Å². The Balaban J connectivity index is 2.44. The van der Waals surface area contributed by atoms with E-state index < -0.39 is 0 Å². The lowest BCUT2D eigenvalue weighted by Gasteiger charge is -2.14. The molecular formula is C14H16BrN5. The summed E-state index contributed by atoms with van der Waals surface area (Å²) in [5, 5.41) is 4.42. The van der Waals surface area contributed by atoms with Crippen molar-refractivity contribution >= 4 is 33.0 Å². The van der Waals surface area contributed by atoms with Gasteiger partial charge in [-0.2, -0.15) is 5.10 Å². The largest absolute Gasteiger partial charge is 0.369 e. The molecule has 0 amide bonds. The molecule has 20 heavy (non-hydrogen) atoms. The number of fused-ring (bicyclic) bond motifs is 1. The highest BCUT2D eigenvalue weighted by Crippen LogP contribution is 2.30. The first-order valence-electron chi connectivity index (χ1n) is 6.34. The first-order chi connectivity index (χ1) is 9.40. The van der Waals surface area contributed by atoms with E-state index >= 15 is 0 Å². The predicted molar refractivity (Wildman–Crippen MR) is 84.2 cm³/mol. The molecule has 0 saturated heterocycles. The lowest BCUT2D eigenvalue weighted by molar-refractivity contribution is 0.761. The number of benzene rings is 1. The fourth-order valence-electron chi connectivity index (χ4n) is 2.77. The number of nitrogens with two attached hydrogens (primary N) is 1. The zero-order chi connectivity index (χ0) is 14.6. The molecule has 104 valence electrons. The monoisotopic (exact) mass is 333 g/mol. The molecule has 2 aromatic heterocycles. The highest BCUT2D eigenvalue weighted by atomic mass is 79.9. The van der Waals surface area contributed by atoms with Gasteiger partial charge >= 0.3 is 0 Å². The highest BCUT2D eigenvalue weighted by Gasteiger charge is 2.19. The maximum absolute atomic E-state index is 6.14. The molecule has 3 aromatic rings. The van der Waals surface area contributed by atoms with E-state index in [9.17, 15) is 0 Å². The zero-order valence-electron chi connectivity index (χ0n) is 11.9. The Labute approximate surface area is 125 Å². The minimum absolute atomic E-state index is 0.490. The molecule has 6 heteroatoms. The van der Waals surface area contributed by atoms with E-state index in [-0.39, 0.29) is 0 Å². The standard InChI is InChI=1S/C14H16BrN5/c1-7-5-10(15)6-8(2)12(7)20-13-11(17-14(20)16)9(3)18-19(13)4/h5-6H,1-4H3,(H2,16,17). The average molecular weight is 334 g/mol. The molecule has 0 atom stereocenters. The maximum Gasteiger partial charge on any atom is 0.207 e. The third kappa shape index (κ3) is 1.75. The highest BCUT2D eigenvalue weighted by molar-refractivity contribution is 9.10. The van der Waals surface area contributed by atoms with Crippen LogP contribution in [-0.4, -0.2) is 19.3 Å². The summed E-state index contributed by atoms with van der Waals surface area (Å²) in [6.45, 7) is 6.09. The molecule has 1 aromatic carbocycles. The summed E-state index contributed by atoms with van der Waals surface area (Å²) in [5.41, 5.74) is 12.2. The second-order valence-electron chi connectivity index (χ2n) is 5.07. The Bertz CT molecular complexity index is 805. The van der Waals surface area contributed by atoms with Crippen molar-refractivity contribution in [3.63, 3.8) is 0 Å². The number of hydrogen-bond donors (Lipinski definition) is 1. The molecule has 0 aliphatic carbocycles. The van der Waals surface area contributed by atoms with E-state index in [1.807, 2.05) is 23.2 Å². The molecule has 5 nitrogen and oxygen atoms in total. The molecule has 0 aliphatic rings. The summed E-state index contributed by atoms with van der Waals surface area (Å²) in [7, 11) is 1.91. The van der Waals surface area contributed by atoms with Gasteiger partial charge < -0.3 is 5.73 Å². The molecule has 2 heterocycles. The molecular weight excluding hydrogens is 318 g/mol. The zero-order valence-corrected chi connectivity index (χ0v) is 13.5. The molecule has 3 rings (SSSR count). The number of halogens is 1. The third-order valence-corrected chi connectivity index (χ3v) is 3.97. The predicted octanol–water partition coefficient (Wildman–Crippen LogP) is 3.03. The van der Waals surface area contributed by atoms with Crippen molar-refractivity contribution in [2.45, 2.75) is 20.8 Å². The van der Waals surface area contributed by atoms with Gasteiger partial charge in [-0.3, -0.25) is 4.57 Å². The van der Waals surface area contributed by atoms with Gasteiger partial charge in [-0.1, -0.05) is 15.9 Å². The fraction of sp³-hybridized carbons (Fsp3) is 0.286. The van der Waals surface area contributed by atoms with Crippen molar-refractivity contribution in [1.82, 2.24) is 19.3 Å². The second-order valence-corrected chi connectivity index (χ2v) is 5.99. The molecule has 0 aliphatic heterocycles. The molecule has 0 radical (unpaired) electrons. The van der Waals surface area contributed by atoms with Gasteiger partial charge in [-0.25, -0.2) is 9.67 Å². The normalized spacial score (nSPS) is 11.4. The quantitative estimate of drug-likeness (QED) is 0.744. The van der Waals surface area contributed by atoms with Gasteiger partial charge in [0, 0.05) is 11.5 Å². The molecule has 2 N–H and O–H groups in total. The number of anilines is 1. The summed E-state index contributed by atoms with van der Waals surface area (Å²) >= 11 is 3.52. The van der Waals surface area contributed by atoms with E-state index in [1.165, 1.54) is 0 Å². The summed E-state index contributed by atoms with van der Waals surface area (Å²) < 4.78 is 4.87. The second kappa shape index (κ2) is 4.34. The van der Waals surface area contributed by atoms with Gasteiger partial charge in [0.1, 0.15) is 5.52 Å². The van der Waals surface area contributed by atoms with Crippen LogP contribution in [0.15, 0.2) is 16.6 Å². The Morgan fingerprint density at radius 2 is 1.75 bits per heavy atom. The Hall–Kier alpha value is -1.82. The number of aromatic nitrogens is 4. The van der Waals surface area contributed by atoms with Gasteiger partial charge in [0.2, 0.25) is 5.95 Å². The van der Waals surface area contributed by atoms with Gasteiger partial charge in [0.25, 0.3) is 0 Å². The summed E-state index contributed by atoms with van der Waals surface area (Å²) in [4.78, 5) is 4.46. The number of rotatable bonds is 1. The van der Waals surface area contributed by atoms with Crippen molar-refractivity contribution in [2.24, 2.45) is 7.05 Å². The van der Waals surface area contributed by atoms with Crippen LogP contribution in [0.5, 0.6) is 0 Å². The van der Waals surface area contributed by atoms with Crippen LogP contribution in [0, 0.1) is 20.8 Å². The fourth-order valence-corrected chi connectivity index (χ4v) is 3.45. The molecule has 0 unspecified atom stereocenters. The van der Waals surface area contributed by atoms with Crippen molar-refractivity contribution in [2.75, 3.05) is 5.73 Å². The topological polar surface area (TPSA) is 61.7 Å². The number of nitrogens with zero attached hydrogens (tertiary/aromatic N) is 4. The minimum Gasteiger partial charge on any atom is -0.369 e. The van der Waals surface area contributed by atoms with Crippen LogP contribution in [0.1, 0.15) is 16.8 Å². The van der Waals surface area contributed by atoms with Crippen molar-refractivity contribution in [1.29, 1.82) is 0 Å². The van der Waals surface area contributed by atoms with Gasteiger partial charge in [-0.15, -0.1) is 0 Å². The number of nitrogen functional groups attached to an aromatic ring is 1. The van der Waals surface area contributed by atoms with Crippen LogP contribution in [0.3, 0.4) is 0 Å². The number of hydrogen-bond acceptors (Lipinski definition) is 3. The van der Waals surface area contributed by atoms with Crippen molar-refractivity contribution in [3.8, 4) is 5.69 Å². The lowest BCUT2D eigenvalue weighted by Crippen LogP contribution is -2.08. The van der Waals surface area contributed by atoms with Crippen LogP contribution >= 0.6 is 15.9 Å². The SMILES string of the molecule is Cc1cc(Br)cc(C)c1-n1c(N)nc2c(C)nn(C)c21. The Kier molecular flexibility index (Phi) is 2.86.